The fourth-order valence-corrected chi connectivity index (χ4v) is 4.07. The molecule has 0 amide bonds. The average molecular weight is 336 g/mol. The van der Waals surface area contributed by atoms with Crippen molar-refractivity contribution in [3.8, 4) is 11.8 Å². The number of hydrogen-bond donors (Lipinski definition) is 1. The van der Waals surface area contributed by atoms with Crippen LogP contribution in [0.3, 0.4) is 0 Å². The standard InChI is InChI=1S/C16H20N2O4S/c1-10-8-11(2)15(12(3)9-10)23(19,20)18-13-6-7-14(21-4)17-16(13)22-5/h6-9,18H,1-5H3. The maximum atomic E-state index is 12.8. The zero-order valence-electron chi connectivity index (χ0n) is 13.8. The van der Waals surface area contributed by atoms with Gasteiger partial charge in [-0.1, -0.05) is 17.7 Å². The van der Waals surface area contributed by atoms with Gasteiger partial charge in [0.2, 0.25) is 11.8 Å². The molecule has 0 unspecified atom stereocenters. The van der Waals surface area contributed by atoms with Gasteiger partial charge in [-0.15, -0.1) is 0 Å². The fraction of sp³-hybridized carbons (Fsp3) is 0.312. The Hall–Kier alpha value is -2.28. The van der Waals surface area contributed by atoms with Crippen molar-refractivity contribution in [2.24, 2.45) is 0 Å². The van der Waals surface area contributed by atoms with Crippen LogP contribution in [0.4, 0.5) is 5.69 Å². The van der Waals surface area contributed by atoms with Crippen LogP contribution in [0.25, 0.3) is 0 Å². The lowest BCUT2D eigenvalue weighted by atomic mass is 10.1. The molecule has 7 heteroatoms. The summed E-state index contributed by atoms with van der Waals surface area (Å²) in [6.07, 6.45) is 0. The van der Waals surface area contributed by atoms with Crippen LogP contribution in [0.5, 0.6) is 11.8 Å². The highest BCUT2D eigenvalue weighted by molar-refractivity contribution is 7.92. The molecule has 6 nitrogen and oxygen atoms in total. The van der Waals surface area contributed by atoms with Gasteiger partial charge in [0.05, 0.1) is 19.1 Å². The molecular weight excluding hydrogens is 316 g/mol. The molecule has 0 spiro atoms. The topological polar surface area (TPSA) is 77.5 Å². The number of anilines is 1. The number of hydrogen-bond acceptors (Lipinski definition) is 5. The Morgan fingerprint density at radius 1 is 1.00 bits per heavy atom. The van der Waals surface area contributed by atoms with Gasteiger partial charge in [-0.05, 0) is 38.0 Å². The lowest BCUT2D eigenvalue weighted by Crippen LogP contribution is -2.16. The van der Waals surface area contributed by atoms with Crippen molar-refractivity contribution < 1.29 is 17.9 Å². The van der Waals surface area contributed by atoms with Crippen molar-refractivity contribution in [2.75, 3.05) is 18.9 Å². The van der Waals surface area contributed by atoms with E-state index >= 15 is 0 Å². The summed E-state index contributed by atoms with van der Waals surface area (Å²) in [4.78, 5) is 4.34. The van der Waals surface area contributed by atoms with Crippen LogP contribution in [0.15, 0.2) is 29.2 Å². The van der Waals surface area contributed by atoms with Crippen molar-refractivity contribution in [2.45, 2.75) is 25.7 Å². The van der Waals surface area contributed by atoms with Gasteiger partial charge in [-0.3, -0.25) is 4.72 Å². The summed E-state index contributed by atoms with van der Waals surface area (Å²) in [6.45, 7) is 5.48. The van der Waals surface area contributed by atoms with E-state index in [2.05, 4.69) is 9.71 Å². The number of methoxy groups -OCH3 is 2. The highest BCUT2D eigenvalue weighted by atomic mass is 32.2. The molecular formula is C16H20N2O4S. The van der Waals surface area contributed by atoms with E-state index in [4.69, 9.17) is 9.47 Å². The number of nitrogens with one attached hydrogen (secondary N) is 1. The van der Waals surface area contributed by atoms with E-state index < -0.39 is 10.0 Å². The van der Waals surface area contributed by atoms with E-state index in [-0.39, 0.29) is 16.5 Å². The largest absolute Gasteiger partial charge is 0.481 e. The zero-order chi connectivity index (χ0) is 17.2. The first-order valence-electron chi connectivity index (χ1n) is 6.98. The molecule has 1 heterocycles. The Morgan fingerprint density at radius 2 is 1.61 bits per heavy atom. The van der Waals surface area contributed by atoms with Crippen LogP contribution in [0.1, 0.15) is 16.7 Å². The average Bonchev–Trinajstić information content (AvgIpc) is 2.45. The van der Waals surface area contributed by atoms with Gasteiger partial charge in [0, 0.05) is 6.07 Å². The molecule has 0 fully saturated rings. The molecule has 0 saturated heterocycles. The maximum absolute atomic E-state index is 12.8. The van der Waals surface area contributed by atoms with E-state index in [0.717, 1.165) is 5.56 Å². The predicted molar refractivity (Wildman–Crippen MR) is 88.8 cm³/mol. The van der Waals surface area contributed by atoms with Crippen molar-refractivity contribution in [1.82, 2.24) is 4.98 Å². The van der Waals surface area contributed by atoms with Crippen LogP contribution in [0.2, 0.25) is 0 Å². The molecule has 1 aromatic carbocycles. The molecule has 0 atom stereocenters. The van der Waals surface area contributed by atoms with Crippen molar-refractivity contribution in [1.29, 1.82) is 0 Å². The number of aryl methyl sites for hydroxylation is 3. The number of rotatable bonds is 5. The Morgan fingerprint density at radius 3 is 2.13 bits per heavy atom. The number of ether oxygens (including phenoxy) is 2. The molecule has 0 aliphatic carbocycles. The van der Waals surface area contributed by atoms with E-state index in [9.17, 15) is 8.42 Å². The number of nitrogens with zero attached hydrogens (tertiary/aromatic N) is 1. The highest BCUT2D eigenvalue weighted by Gasteiger charge is 2.22. The Balaban J connectivity index is 2.47. The monoisotopic (exact) mass is 336 g/mol. The van der Waals surface area contributed by atoms with Gasteiger partial charge in [0.15, 0.2) is 0 Å². The summed E-state index contributed by atoms with van der Waals surface area (Å²) in [6, 6.07) is 6.80. The number of benzene rings is 1. The van der Waals surface area contributed by atoms with E-state index in [1.807, 2.05) is 19.1 Å². The molecule has 124 valence electrons. The number of pyridine rings is 1. The third-order valence-corrected chi connectivity index (χ3v) is 5.02. The molecule has 0 saturated carbocycles. The Kier molecular flexibility index (Phi) is 4.79. The number of sulfonamides is 1. The zero-order valence-corrected chi connectivity index (χ0v) is 14.6. The minimum atomic E-state index is -3.75. The summed E-state index contributed by atoms with van der Waals surface area (Å²) < 4.78 is 38.2. The summed E-state index contributed by atoms with van der Waals surface area (Å²) in [5.74, 6) is 0.489. The summed E-state index contributed by atoms with van der Waals surface area (Å²) >= 11 is 0. The lowest BCUT2D eigenvalue weighted by molar-refractivity contribution is 0.366. The van der Waals surface area contributed by atoms with Crippen LogP contribution in [0, 0.1) is 20.8 Å². The molecule has 0 radical (unpaired) electrons. The second-order valence-electron chi connectivity index (χ2n) is 5.24. The van der Waals surface area contributed by atoms with E-state index in [0.29, 0.717) is 17.0 Å². The highest BCUT2D eigenvalue weighted by Crippen LogP contribution is 2.29. The van der Waals surface area contributed by atoms with E-state index in [1.54, 1.807) is 26.0 Å². The first kappa shape index (κ1) is 17.1. The lowest BCUT2D eigenvalue weighted by Gasteiger charge is -2.15. The van der Waals surface area contributed by atoms with Crippen LogP contribution < -0.4 is 14.2 Å². The van der Waals surface area contributed by atoms with E-state index in [1.165, 1.54) is 14.2 Å². The molecule has 0 aliphatic rings. The SMILES string of the molecule is COc1ccc(NS(=O)(=O)c2c(C)cc(C)cc2C)c(OC)n1. The Bertz CT molecular complexity index is 809. The molecule has 1 N–H and O–H groups in total. The van der Waals surface area contributed by atoms with Crippen LogP contribution >= 0.6 is 0 Å². The Labute approximate surface area is 136 Å². The molecule has 0 aliphatic heterocycles. The van der Waals surface area contributed by atoms with Gasteiger partial charge in [0.25, 0.3) is 10.0 Å². The van der Waals surface area contributed by atoms with Gasteiger partial charge < -0.3 is 9.47 Å². The maximum Gasteiger partial charge on any atom is 0.262 e. The summed E-state index contributed by atoms with van der Waals surface area (Å²) in [5, 5.41) is 0. The molecule has 1 aromatic heterocycles. The molecule has 2 aromatic rings. The first-order chi connectivity index (χ1) is 10.8. The second kappa shape index (κ2) is 6.45. The van der Waals surface area contributed by atoms with Gasteiger partial charge in [-0.25, -0.2) is 8.42 Å². The quantitative estimate of drug-likeness (QED) is 0.908. The third-order valence-electron chi connectivity index (χ3n) is 3.35. The van der Waals surface area contributed by atoms with Crippen molar-refractivity contribution >= 4 is 15.7 Å². The second-order valence-corrected chi connectivity index (χ2v) is 6.86. The summed E-state index contributed by atoms with van der Waals surface area (Å²) in [7, 11) is -0.859. The molecule has 23 heavy (non-hydrogen) atoms. The normalized spacial score (nSPS) is 11.2. The third kappa shape index (κ3) is 3.56. The van der Waals surface area contributed by atoms with Crippen molar-refractivity contribution in [3.63, 3.8) is 0 Å². The minimum Gasteiger partial charge on any atom is -0.481 e. The van der Waals surface area contributed by atoms with Crippen LogP contribution in [-0.2, 0) is 10.0 Å². The molecule has 2 rings (SSSR count). The molecule has 0 bridgehead atoms. The fourth-order valence-electron chi connectivity index (χ4n) is 2.56. The predicted octanol–water partition coefficient (Wildman–Crippen LogP) is 2.82. The van der Waals surface area contributed by atoms with Gasteiger partial charge >= 0.3 is 0 Å². The number of aromatic nitrogens is 1. The minimum absolute atomic E-state index is 0.148. The first-order valence-corrected chi connectivity index (χ1v) is 8.46. The van der Waals surface area contributed by atoms with Crippen LogP contribution in [-0.4, -0.2) is 27.6 Å². The van der Waals surface area contributed by atoms with Gasteiger partial charge in [-0.2, -0.15) is 4.98 Å². The van der Waals surface area contributed by atoms with Gasteiger partial charge in [0.1, 0.15) is 5.69 Å². The smallest absolute Gasteiger partial charge is 0.262 e. The summed E-state index contributed by atoms with van der Waals surface area (Å²) in [5.41, 5.74) is 2.65. The van der Waals surface area contributed by atoms with Crippen molar-refractivity contribution in [3.05, 3.63) is 41.0 Å².